The third-order valence-electron chi connectivity index (χ3n) is 2.48. The molecule has 0 N–H and O–H groups in total. The van der Waals surface area contributed by atoms with E-state index in [2.05, 4.69) is 0 Å². The molecule has 0 aliphatic heterocycles. The summed E-state index contributed by atoms with van der Waals surface area (Å²) < 4.78 is 52.7. The molecule has 0 aliphatic rings. The highest BCUT2D eigenvalue weighted by Crippen LogP contribution is 2.36. The van der Waals surface area contributed by atoms with Crippen molar-refractivity contribution in [2.24, 2.45) is 0 Å². The first-order valence-corrected chi connectivity index (χ1v) is 8.93. The second-order valence-electron chi connectivity index (χ2n) is 4.33. The lowest BCUT2D eigenvalue weighted by Gasteiger charge is -2.21. The molecule has 0 heterocycles. The lowest BCUT2D eigenvalue weighted by molar-refractivity contribution is 0.534. The van der Waals surface area contributed by atoms with Gasteiger partial charge in [-0.25, -0.2) is 0 Å². The fourth-order valence-electron chi connectivity index (χ4n) is 0.911. The van der Waals surface area contributed by atoms with Gasteiger partial charge >= 0.3 is 17.5 Å². The van der Waals surface area contributed by atoms with Crippen LogP contribution in [0, 0.1) is 0 Å². The van der Waals surface area contributed by atoms with Crippen LogP contribution in [0.25, 0.3) is 0 Å². The zero-order valence-corrected chi connectivity index (χ0v) is 11.1. The Bertz CT molecular complexity index is 160. The van der Waals surface area contributed by atoms with Crippen molar-refractivity contribution < 1.29 is 16.4 Å². The van der Waals surface area contributed by atoms with Crippen molar-refractivity contribution in [3.05, 3.63) is 0 Å². The summed E-state index contributed by atoms with van der Waals surface area (Å²) in [6.45, 7) is 5.67. The minimum Gasteiger partial charge on any atom is -0.270 e. The summed E-state index contributed by atoms with van der Waals surface area (Å²) in [6, 6.07) is -1.08. The van der Waals surface area contributed by atoms with E-state index in [1.165, 1.54) is 27.7 Å². The number of hydrogen-bond donors (Lipinski definition) is 0. The Morgan fingerprint density at radius 1 is 0.714 bits per heavy atom. The van der Waals surface area contributed by atoms with Crippen LogP contribution < -0.4 is 0 Å². The summed E-state index contributed by atoms with van der Waals surface area (Å²) in [6.07, 6.45) is 0. The van der Waals surface area contributed by atoms with Gasteiger partial charge in [-0.15, -0.1) is 0 Å². The summed E-state index contributed by atoms with van der Waals surface area (Å²) in [4.78, 5) is 0. The Hall–Kier alpha value is 0.154. The van der Waals surface area contributed by atoms with Crippen molar-refractivity contribution in [3.63, 3.8) is 0 Å². The molecular formula is C8H18F4Si2. The average molecular weight is 246 g/mol. The molecule has 0 amide bonds. The third kappa shape index (κ3) is 4.12. The first-order chi connectivity index (χ1) is 6.09. The van der Waals surface area contributed by atoms with Crippen molar-refractivity contribution in [1.29, 1.82) is 0 Å². The molecule has 0 bridgehead atoms. The van der Waals surface area contributed by atoms with Gasteiger partial charge in [0.2, 0.25) is 0 Å². The van der Waals surface area contributed by atoms with Gasteiger partial charge in [0.25, 0.3) is 0 Å². The molecule has 6 heteroatoms. The van der Waals surface area contributed by atoms with Crippen LogP contribution in [0.3, 0.4) is 0 Å². The monoisotopic (exact) mass is 246 g/mol. The van der Waals surface area contributed by atoms with Gasteiger partial charge in [-0.1, -0.05) is 27.7 Å². The molecule has 0 spiro atoms. The minimum absolute atomic E-state index is 0.540. The molecule has 0 radical (unpaired) electrons. The Balaban J connectivity index is 4.18. The molecule has 0 rings (SSSR count). The van der Waals surface area contributed by atoms with Crippen molar-refractivity contribution >= 4 is 17.5 Å². The first-order valence-electron chi connectivity index (χ1n) is 4.85. The normalized spacial score (nSPS) is 14.1. The van der Waals surface area contributed by atoms with Gasteiger partial charge in [0.1, 0.15) is 0 Å². The van der Waals surface area contributed by atoms with E-state index < -0.39 is 40.7 Å². The summed E-state index contributed by atoms with van der Waals surface area (Å²) in [5.74, 6) is 0. The smallest absolute Gasteiger partial charge is 0.270 e. The molecular weight excluding hydrogens is 228 g/mol. The highest BCUT2D eigenvalue weighted by Gasteiger charge is 2.46. The molecule has 0 aromatic heterocycles. The van der Waals surface area contributed by atoms with E-state index in [0.29, 0.717) is 0 Å². The molecule has 0 saturated carbocycles. The van der Waals surface area contributed by atoms with E-state index >= 15 is 0 Å². The highest BCUT2D eigenvalue weighted by molar-refractivity contribution is 6.73. The fraction of sp³-hybridized carbons (Fsp3) is 1.00. The molecule has 0 nitrogen and oxygen atoms in total. The maximum atomic E-state index is 13.2. The third-order valence-corrected chi connectivity index (χ3v) is 8.19. The van der Waals surface area contributed by atoms with Crippen LogP contribution in [-0.4, -0.2) is 17.5 Å². The quantitative estimate of drug-likeness (QED) is 0.379. The van der Waals surface area contributed by atoms with Gasteiger partial charge in [0, 0.05) is 23.2 Å². The fourth-order valence-corrected chi connectivity index (χ4v) is 4.73. The van der Waals surface area contributed by atoms with Crippen molar-refractivity contribution in [2.45, 2.75) is 50.9 Å². The zero-order valence-electron chi connectivity index (χ0n) is 9.08. The van der Waals surface area contributed by atoms with Crippen LogP contribution in [0.15, 0.2) is 0 Å². The number of halogens is 4. The van der Waals surface area contributed by atoms with Crippen molar-refractivity contribution in [2.75, 3.05) is 0 Å². The van der Waals surface area contributed by atoms with Gasteiger partial charge in [-0.2, -0.15) is 0 Å². The summed E-state index contributed by atoms with van der Waals surface area (Å²) in [7, 11) is -8.76. The molecule has 0 saturated heterocycles. The molecule has 0 atom stereocenters. The lowest BCUT2D eigenvalue weighted by atomic mass is 10.6. The molecule has 0 aliphatic carbocycles. The zero-order chi connectivity index (χ0) is 11.6. The van der Waals surface area contributed by atoms with E-state index in [0.717, 1.165) is 0 Å². The predicted octanol–water partition coefficient (Wildman–Crippen LogP) is 4.57. The van der Waals surface area contributed by atoms with Gasteiger partial charge in [0.05, 0.1) is 0 Å². The topological polar surface area (TPSA) is 0 Å². The van der Waals surface area contributed by atoms with Gasteiger partial charge in [-0.05, 0) is 0 Å². The molecule has 0 aromatic rings. The van der Waals surface area contributed by atoms with E-state index in [1.54, 1.807) is 0 Å². The summed E-state index contributed by atoms with van der Waals surface area (Å²) in [5, 5.41) is 0. The largest absolute Gasteiger partial charge is 0.427 e. The van der Waals surface area contributed by atoms with E-state index in [4.69, 9.17) is 0 Å². The molecule has 0 fully saturated rings. The second-order valence-corrected chi connectivity index (χ2v) is 10.7. The molecule has 0 aromatic carbocycles. The predicted molar refractivity (Wildman–Crippen MR) is 55.8 cm³/mol. The van der Waals surface area contributed by atoms with Gasteiger partial charge in [0.15, 0.2) is 0 Å². The van der Waals surface area contributed by atoms with Crippen LogP contribution in [0.4, 0.5) is 16.4 Å². The van der Waals surface area contributed by atoms with E-state index in [-0.39, 0.29) is 0 Å². The van der Waals surface area contributed by atoms with Crippen LogP contribution in [0.2, 0.25) is 23.2 Å². The van der Waals surface area contributed by atoms with E-state index in [1.807, 2.05) is 0 Å². The summed E-state index contributed by atoms with van der Waals surface area (Å²) >= 11 is 0. The SMILES string of the molecule is CC(C)[Si](F)(F)CC[Si](F)(F)C(C)C. The Morgan fingerprint density at radius 3 is 1.07 bits per heavy atom. The lowest BCUT2D eigenvalue weighted by Crippen LogP contribution is -2.33. The molecule has 0 unspecified atom stereocenters. The molecule has 86 valence electrons. The maximum Gasteiger partial charge on any atom is 0.427 e. The van der Waals surface area contributed by atoms with Gasteiger partial charge < -0.3 is 0 Å². The van der Waals surface area contributed by atoms with Crippen LogP contribution in [0.1, 0.15) is 27.7 Å². The number of hydrogen-bond acceptors (Lipinski definition) is 0. The first kappa shape index (κ1) is 14.2. The Morgan fingerprint density at radius 2 is 0.929 bits per heavy atom. The van der Waals surface area contributed by atoms with Gasteiger partial charge in [-0.3, -0.25) is 16.4 Å². The van der Waals surface area contributed by atoms with Crippen molar-refractivity contribution in [1.82, 2.24) is 0 Å². The standard InChI is InChI=1S/C8H18F4Si2/c1-7(2)13(9,10)5-6-14(11,12)8(3)4/h7-8H,5-6H2,1-4H3. The maximum absolute atomic E-state index is 13.2. The second kappa shape index (κ2) is 4.78. The average Bonchev–Trinajstić information content (AvgIpc) is 2.01. The Labute approximate surface area is 85.4 Å². The van der Waals surface area contributed by atoms with Crippen molar-refractivity contribution in [3.8, 4) is 0 Å². The summed E-state index contributed by atoms with van der Waals surface area (Å²) in [5.41, 5.74) is -1.45. The van der Waals surface area contributed by atoms with Crippen LogP contribution in [-0.2, 0) is 0 Å². The highest BCUT2D eigenvalue weighted by atomic mass is 28.4. The van der Waals surface area contributed by atoms with Crippen LogP contribution in [0.5, 0.6) is 0 Å². The Kier molecular flexibility index (Phi) is 4.84. The minimum atomic E-state index is -4.38. The van der Waals surface area contributed by atoms with Crippen LogP contribution >= 0.6 is 0 Å². The number of rotatable bonds is 5. The molecule has 14 heavy (non-hydrogen) atoms. The van der Waals surface area contributed by atoms with E-state index in [9.17, 15) is 16.4 Å².